The Bertz CT molecular complexity index is 1230. The van der Waals surface area contributed by atoms with E-state index >= 15 is 0 Å². The van der Waals surface area contributed by atoms with Crippen molar-refractivity contribution < 1.29 is 9.53 Å². The standard InChI is InChI=1S/C29H31B2N3O2/c30-27(24-11-8-15-32-20-24)28(31)29(35)33-16-6-1-2-7-17-34-18-14-23-19-25(12-13-26(23)34)36-21-22-9-4-3-5-10-22/h3-5,8-15,18-20,27-28H,1-2,6-7,16-17,21H2,(H,33,35)/t27-,28+/m1/s1. The molecule has 0 spiro atoms. The summed E-state index contributed by atoms with van der Waals surface area (Å²) >= 11 is 0. The Morgan fingerprint density at radius 3 is 2.61 bits per heavy atom. The minimum atomic E-state index is -0.791. The molecule has 36 heavy (non-hydrogen) atoms. The molecule has 0 unspecified atom stereocenters. The number of ether oxygens (including phenoxy) is 1. The maximum Gasteiger partial charge on any atom is 0.214 e. The van der Waals surface area contributed by atoms with Gasteiger partial charge in [0.1, 0.15) is 12.4 Å². The average molecular weight is 475 g/mol. The van der Waals surface area contributed by atoms with Gasteiger partial charge in [-0.1, -0.05) is 49.2 Å². The molecule has 7 heteroatoms. The maximum absolute atomic E-state index is 12.3. The van der Waals surface area contributed by atoms with Gasteiger partial charge in [-0.25, -0.2) is 0 Å². The topological polar surface area (TPSA) is 56.2 Å². The van der Waals surface area contributed by atoms with Gasteiger partial charge in [-0.15, -0.1) is 0 Å². The molecule has 180 valence electrons. The summed E-state index contributed by atoms with van der Waals surface area (Å²) in [5.74, 6) is -0.702. The van der Waals surface area contributed by atoms with Crippen LogP contribution in [0.5, 0.6) is 5.75 Å². The van der Waals surface area contributed by atoms with E-state index < -0.39 is 11.6 Å². The highest BCUT2D eigenvalue weighted by molar-refractivity contribution is 6.30. The number of rotatable bonds is 13. The summed E-state index contributed by atoms with van der Waals surface area (Å²) in [4.78, 5) is 16.3. The Hall–Kier alpha value is -3.47. The fourth-order valence-electron chi connectivity index (χ4n) is 4.24. The Morgan fingerprint density at radius 2 is 1.81 bits per heavy atom. The molecule has 0 aliphatic rings. The van der Waals surface area contributed by atoms with Crippen LogP contribution in [0, 0.1) is 0 Å². The van der Waals surface area contributed by atoms with E-state index in [0.29, 0.717) is 13.2 Å². The van der Waals surface area contributed by atoms with E-state index in [2.05, 4.69) is 51.4 Å². The molecule has 0 saturated heterocycles. The molecule has 2 aromatic heterocycles. The molecule has 0 bridgehead atoms. The van der Waals surface area contributed by atoms with E-state index in [1.807, 2.05) is 30.3 Å². The number of benzene rings is 2. The summed E-state index contributed by atoms with van der Waals surface area (Å²) in [6, 6.07) is 22.2. The normalized spacial score (nSPS) is 12.8. The van der Waals surface area contributed by atoms with Crippen LogP contribution in [0.25, 0.3) is 10.9 Å². The number of unbranched alkanes of at least 4 members (excludes halogenated alkanes) is 3. The second-order valence-electron chi connectivity index (χ2n) is 9.05. The van der Waals surface area contributed by atoms with Crippen molar-refractivity contribution in [2.75, 3.05) is 6.54 Å². The van der Waals surface area contributed by atoms with Gasteiger partial charge in [-0.3, -0.25) is 9.78 Å². The average Bonchev–Trinajstić information content (AvgIpc) is 3.33. The number of aromatic nitrogens is 2. The van der Waals surface area contributed by atoms with Crippen molar-refractivity contribution in [1.29, 1.82) is 0 Å². The number of fused-ring (bicyclic) bond motifs is 1. The zero-order valence-electron chi connectivity index (χ0n) is 20.6. The second kappa shape index (κ2) is 13.0. The SMILES string of the molecule is [B][C@H](C(=O)NCCCCCCn1ccc2cc(OCc3ccccc3)ccc21)[C@H]([B])c1cccnc1. The van der Waals surface area contributed by atoms with E-state index in [1.165, 1.54) is 10.9 Å². The molecular weight excluding hydrogens is 444 g/mol. The Morgan fingerprint density at radius 1 is 0.972 bits per heavy atom. The van der Waals surface area contributed by atoms with Crippen LogP contribution < -0.4 is 10.1 Å². The van der Waals surface area contributed by atoms with E-state index in [-0.39, 0.29) is 5.91 Å². The summed E-state index contributed by atoms with van der Waals surface area (Å²) in [6.45, 7) is 2.13. The van der Waals surface area contributed by atoms with Crippen LogP contribution in [0.1, 0.15) is 42.6 Å². The number of pyridine rings is 1. The molecule has 2 aromatic carbocycles. The number of carbonyl (C=O) groups is 1. The first-order valence-corrected chi connectivity index (χ1v) is 12.6. The highest BCUT2D eigenvalue weighted by atomic mass is 16.5. The summed E-state index contributed by atoms with van der Waals surface area (Å²) in [7, 11) is 12.1. The third kappa shape index (κ3) is 7.03. The first-order chi connectivity index (χ1) is 17.6. The van der Waals surface area contributed by atoms with Gasteiger partial charge in [-0.2, -0.15) is 0 Å². The molecule has 0 saturated carbocycles. The van der Waals surface area contributed by atoms with Gasteiger partial charge >= 0.3 is 0 Å². The van der Waals surface area contributed by atoms with Crippen molar-refractivity contribution in [3.8, 4) is 5.75 Å². The van der Waals surface area contributed by atoms with Crippen molar-refractivity contribution >= 4 is 32.5 Å². The predicted molar refractivity (Wildman–Crippen MR) is 146 cm³/mol. The minimum Gasteiger partial charge on any atom is -0.489 e. The van der Waals surface area contributed by atoms with Crippen LogP contribution >= 0.6 is 0 Å². The van der Waals surface area contributed by atoms with E-state index in [9.17, 15) is 4.79 Å². The molecule has 1 N–H and O–H groups in total. The molecule has 4 rings (SSSR count). The Balaban J connectivity index is 1.13. The monoisotopic (exact) mass is 475 g/mol. The number of amides is 1. The van der Waals surface area contributed by atoms with Crippen LogP contribution in [-0.2, 0) is 17.9 Å². The summed E-state index contributed by atoms with van der Waals surface area (Å²) in [5, 5.41) is 4.09. The highest BCUT2D eigenvalue weighted by Gasteiger charge is 2.20. The number of aryl methyl sites for hydroxylation is 1. The molecule has 0 fully saturated rings. The number of nitrogens with zero attached hydrogens (tertiary/aromatic N) is 2. The molecule has 0 aliphatic heterocycles. The number of nitrogens with one attached hydrogen (secondary N) is 1. The highest BCUT2D eigenvalue weighted by Crippen LogP contribution is 2.24. The van der Waals surface area contributed by atoms with E-state index in [4.69, 9.17) is 20.4 Å². The smallest absolute Gasteiger partial charge is 0.214 e. The minimum absolute atomic E-state index is 0.225. The molecule has 5 nitrogen and oxygen atoms in total. The number of carbonyl (C=O) groups excluding carboxylic acids is 1. The summed E-state index contributed by atoms with van der Waals surface area (Å²) in [5.41, 5.74) is 3.13. The molecule has 0 aliphatic carbocycles. The van der Waals surface area contributed by atoms with Crippen LogP contribution in [0.15, 0.2) is 85.3 Å². The van der Waals surface area contributed by atoms with Crippen molar-refractivity contribution in [1.82, 2.24) is 14.9 Å². The van der Waals surface area contributed by atoms with Gasteiger partial charge in [0, 0.05) is 42.6 Å². The van der Waals surface area contributed by atoms with E-state index in [0.717, 1.165) is 49.1 Å². The van der Waals surface area contributed by atoms with Gasteiger partial charge in [0.2, 0.25) is 5.91 Å². The van der Waals surface area contributed by atoms with Crippen molar-refractivity contribution in [2.45, 2.75) is 50.5 Å². The van der Waals surface area contributed by atoms with Crippen LogP contribution in [-0.4, -0.2) is 37.7 Å². The summed E-state index contributed by atoms with van der Waals surface area (Å²) in [6.07, 6.45) is 9.57. The number of hydrogen-bond donors (Lipinski definition) is 1. The van der Waals surface area contributed by atoms with Gasteiger partial charge in [0.25, 0.3) is 0 Å². The Kier molecular flexibility index (Phi) is 9.26. The third-order valence-electron chi connectivity index (χ3n) is 6.37. The van der Waals surface area contributed by atoms with Crippen LogP contribution in [0.4, 0.5) is 0 Å². The lowest BCUT2D eigenvalue weighted by atomic mass is 9.63. The van der Waals surface area contributed by atoms with Crippen molar-refractivity contribution in [3.05, 3.63) is 96.4 Å². The molecule has 2 heterocycles. The van der Waals surface area contributed by atoms with Gasteiger partial charge in [0.15, 0.2) is 0 Å². The first-order valence-electron chi connectivity index (χ1n) is 12.6. The molecule has 1 amide bonds. The second-order valence-corrected chi connectivity index (χ2v) is 9.05. The number of hydrogen-bond acceptors (Lipinski definition) is 3. The summed E-state index contributed by atoms with van der Waals surface area (Å²) < 4.78 is 8.24. The van der Waals surface area contributed by atoms with E-state index in [1.54, 1.807) is 18.5 Å². The molecular formula is C29H31B2N3O2. The largest absolute Gasteiger partial charge is 0.489 e. The van der Waals surface area contributed by atoms with Crippen LogP contribution in [0.2, 0.25) is 5.82 Å². The third-order valence-corrected chi connectivity index (χ3v) is 6.37. The lowest BCUT2D eigenvalue weighted by Crippen LogP contribution is -2.31. The zero-order valence-corrected chi connectivity index (χ0v) is 20.6. The lowest BCUT2D eigenvalue weighted by molar-refractivity contribution is -0.121. The molecule has 4 aromatic rings. The van der Waals surface area contributed by atoms with Crippen molar-refractivity contribution in [2.24, 2.45) is 0 Å². The first kappa shape index (κ1) is 25.6. The lowest BCUT2D eigenvalue weighted by Gasteiger charge is -2.20. The molecule has 2 atom stereocenters. The van der Waals surface area contributed by atoms with Crippen molar-refractivity contribution in [3.63, 3.8) is 0 Å². The van der Waals surface area contributed by atoms with Gasteiger partial charge in [0.05, 0.1) is 15.7 Å². The quantitative estimate of drug-likeness (QED) is 0.215. The maximum atomic E-state index is 12.3. The van der Waals surface area contributed by atoms with Gasteiger partial charge < -0.3 is 14.6 Å². The zero-order chi connectivity index (χ0) is 25.2. The Labute approximate surface area is 216 Å². The molecule has 4 radical (unpaired) electrons. The fourth-order valence-corrected chi connectivity index (χ4v) is 4.24. The van der Waals surface area contributed by atoms with Crippen LogP contribution in [0.3, 0.4) is 0 Å². The predicted octanol–water partition coefficient (Wildman–Crippen LogP) is 5.16. The fraction of sp³-hybridized carbons (Fsp3) is 0.310. The van der Waals surface area contributed by atoms with Gasteiger partial charge in [-0.05, 0) is 65.9 Å².